The Morgan fingerprint density at radius 1 is 1.41 bits per heavy atom. The van der Waals surface area contributed by atoms with E-state index in [1.807, 2.05) is 18.5 Å². The molecule has 0 bridgehead atoms. The predicted octanol–water partition coefficient (Wildman–Crippen LogP) is 1.27. The molecular weight excluding hydrogens is 220 g/mol. The molecule has 0 aliphatic heterocycles. The topological polar surface area (TPSA) is 73.4 Å². The predicted molar refractivity (Wildman–Crippen MR) is 63.6 cm³/mol. The first-order valence-corrected chi connectivity index (χ1v) is 5.67. The number of hydrogen-bond acceptors (Lipinski definition) is 2. The number of hydrogen-bond donors (Lipinski definition) is 2. The van der Waals surface area contributed by atoms with Gasteiger partial charge in [0.15, 0.2) is 0 Å². The highest BCUT2D eigenvalue weighted by atomic mass is 16.4. The summed E-state index contributed by atoms with van der Waals surface area (Å²) in [7, 11) is 1.75. The Morgan fingerprint density at radius 2 is 2.18 bits per heavy atom. The van der Waals surface area contributed by atoms with Gasteiger partial charge in [-0.3, -0.25) is 9.59 Å². The average molecular weight is 238 g/mol. The first kappa shape index (κ1) is 13.3. The van der Waals surface area contributed by atoms with Crippen LogP contribution in [0.25, 0.3) is 0 Å². The van der Waals surface area contributed by atoms with E-state index in [1.54, 1.807) is 11.9 Å². The molecule has 0 spiro atoms. The van der Waals surface area contributed by atoms with Crippen molar-refractivity contribution in [1.29, 1.82) is 0 Å². The van der Waals surface area contributed by atoms with Crippen molar-refractivity contribution < 1.29 is 14.7 Å². The molecule has 5 heteroatoms. The molecule has 0 saturated heterocycles. The zero-order valence-corrected chi connectivity index (χ0v) is 9.98. The second-order valence-electron chi connectivity index (χ2n) is 4.03. The van der Waals surface area contributed by atoms with Crippen molar-refractivity contribution in [3.63, 3.8) is 0 Å². The van der Waals surface area contributed by atoms with Gasteiger partial charge in [-0.1, -0.05) is 0 Å². The molecule has 0 fully saturated rings. The van der Waals surface area contributed by atoms with Crippen molar-refractivity contribution in [3.05, 3.63) is 24.0 Å². The highest BCUT2D eigenvalue weighted by Gasteiger charge is 2.09. The lowest BCUT2D eigenvalue weighted by atomic mass is 10.2. The van der Waals surface area contributed by atoms with Gasteiger partial charge in [-0.25, -0.2) is 0 Å². The van der Waals surface area contributed by atoms with Crippen molar-refractivity contribution >= 4 is 11.9 Å². The number of likely N-dealkylation sites (N-methyl/N-ethyl adjacent to an activating group) is 1. The van der Waals surface area contributed by atoms with Crippen LogP contribution in [0.15, 0.2) is 18.5 Å². The smallest absolute Gasteiger partial charge is 0.303 e. The van der Waals surface area contributed by atoms with Gasteiger partial charge in [-0.15, -0.1) is 0 Å². The maximum Gasteiger partial charge on any atom is 0.303 e. The van der Waals surface area contributed by atoms with Gasteiger partial charge in [0.05, 0.1) is 0 Å². The van der Waals surface area contributed by atoms with Gasteiger partial charge < -0.3 is 15.0 Å². The number of carbonyl (C=O) groups is 2. The molecule has 0 unspecified atom stereocenters. The first-order valence-electron chi connectivity index (χ1n) is 5.67. The summed E-state index contributed by atoms with van der Waals surface area (Å²) >= 11 is 0. The zero-order chi connectivity index (χ0) is 12.7. The van der Waals surface area contributed by atoms with Crippen LogP contribution in [0.2, 0.25) is 0 Å². The molecular formula is C12H18N2O3. The third-order valence-electron chi connectivity index (χ3n) is 2.61. The number of carbonyl (C=O) groups excluding carboxylic acids is 1. The van der Waals surface area contributed by atoms with Crippen molar-refractivity contribution in [3.8, 4) is 0 Å². The molecule has 0 saturated carbocycles. The second-order valence-corrected chi connectivity index (χ2v) is 4.03. The molecule has 0 aliphatic rings. The third-order valence-corrected chi connectivity index (χ3v) is 2.61. The van der Waals surface area contributed by atoms with E-state index in [0.717, 1.165) is 12.0 Å². The molecule has 0 atom stereocenters. The van der Waals surface area contributed by atoms with Crippen LogP contribution in [0.1, 0.15) is 24.8 Å². The Balaban J connectivity index is 2.20. The van der Waals surface area contributed by atoms with Gasteiger partial charge in [0, 0.05) is 38.8 Å². The van der Waals surface area contributed by atoms with Crippen LogP contribution in [-0.4, -0.2) is 40.5 Å². The fourth-order valence-electron chi connectivity index (χ4n) is 1.52. The maximum absolute atomic E-state index is 11.6. The Morgan fingerprint density at radius 3 is 2.76 bits per heavy atom. The van der Waals surface area contributed by atoms with Crippen molar-refractivity contribution in [2.75, 3.05) is 13.6 Å². The minimum Gasteiger partial charge on any atom is -0.481 e. The van der Waals surface area contributed by atoms with Crippen LogP contribution in [0.5, 0.6) is 0 Å². The van der Waals surface area contributed by atoms with E-state index in [1.165, 1.54) is 0 Å². The molecule has 0 aromatic carbocycles. The molecule has 1 amide bonds. The van der Waals surface area contributed by atoms with Gasteiger partial charge in [0.25, 0.3) is 0 Å². The normalized spacial score (nSPS) is 10.2. The minimum atomic E-state index is -0.854. The monoisotopic (exact) mass is 238 g/mol. The van der Waals surface area contributed by atoms with Crippen LogP contribution < -0.4 is 0 Å². The number of H-pyrrole nitrogens is 1. The molecule has 5 nitrogen and oxygen atoms in total. The van der Waals surface area contributed by atoms with E-state index in [4.69, 9.17) is 5.11 Å². The number of amides is 1. The number of carboxylic acid groups (broad SMARTS) is 1. The number of rotatable bonds is 7. The van der Waals surface area contributed by atoms with Crippen molar-refractivity contribution in [2.45, 2.75) is 25.7 Å². The highest BCUT2D eigenvalue weighted by Crippen LogP contribution is 2.03. The molecule has 0 radical (unpaired) electrons. The Bertz CT molecular complexity index is 360. The number of nitrogens with zero attached hydrogens (tertiary/aromatic N) is 1. The summed E-state index contributed by atoms with van der Waals surface area (Å²) in [5.41, 5.74) is 1.16. The molecule has 1 aromatic rings. The fraction of sp³-hybridized carbons (Fsp3) is 0.500. The SMILES string of the molecule is CN(CCc1cc[nH]c1)C(=O)CCCC(=O)O. The number of aliphatic carboxylic acids is 1. The van der Waals surface area contributed by atoms with E-state index < -0.39 is 5.97 Å². The summed E-state index contributed by atoms with van der Waals surface area (Å²) in [6, 6.07) is 1.97. The Labute approximate surface area is 100 Å². The van der Waals surface area contributed by atoms with Crippen LogP contribution >= 0.6 is 0 Å². The minimum absolute atomic E-state index is 0.00165. The van der Waals surface area contributed by atoms with Gasteiger partial charge in [0.2, 0.25) is 5.91 Å². The van der Waals surface area contributed by atoms with Gasteiger partial charge in [-0.2, -0.15) is 0 Å². The number of aromatic nitrogens is 1. The van der Waals surface area contributed by atoms with Crippen LogP contribution in [0.3, 0.4) is 0 Å². The standard InChI is InChI=1S/C12H18N2O3/c1-14(8-6-10-5-7-13-9-10)11(15)3-2-4-12(16)17/h5,7,9,13H,2-4,6,8H2,1H3,(H,16,17). The fourth-order valence-corrected chi connectivity index (χ4v) is 1.52. The van der Waals surface area contributed by atoms with E-state index in [2.05, 4.69) is 4.98 Å². The molecule has 17 heavy (non-hydrogen) atoms. The van der Waals surface area contributed by atoms with Crippen LogP contribution in [-0.2, 0) is 16.0 Å². The van der Waals surface area contributed by atoms with Crippen LogP contribution in [0.4, 0.5) is 0 Å². The van der Waals surface area contributed by atoms with E-state index in [9.17, 15) is 9.59 Å². The van der Waals surface area contributed by atoms with Crippen molar-refractivity contribution in [1.82, 2.24) is 9.88 Å². The lowest BCUT2D eigenvalue weighted by molar-refractivity contribution is -0.137. The molecule has 94 valence electrons. The average Bonchev–Trinajstić information content (AvgIpc) is 2.78. The molecule has 1 heterocycles. The van der Waals surface area contributed by atoms with E-state index in [-0.39, 0.29) is 12.3 Å². The van der Waals surface area contributed by atoms with E-state index in [0.29, 0.717) is 19.4 Å². The molecule has 2 N–H and O–H groups in total. The molecule has 0 aliphatic carbocycles. The summed E-state index contributed by atoms with van der Waals surface area (Å²) in [6.45, 7) is 0.657. The van der Waals surface area contributed by atoms with Gasteiger partial charge in [-0.05, 0) is 24.5 Å². The zero-order valence-electron chi connectivity index (χ0n) is 9.98. The number of aromatic amines is 1. The lowest BCUT2D eigenvalue weighted by Gasteiger charge is -2.16. The summed E-state index contributed by atoms with van der Waals surface area (Å²) in [6.07, 6.45) is 5.33. The number of nitrogens with one attached hydrogen (secondary N) is 1. The summed E-state index contributed by atoms with van der Waals surface area (Å²) in [5.74, 6) is -0.852. The highest BCUT2D eigenvalue weighted by molar-refractivity contribution is 5.76. The number of carboxylic acids is 1. The second kappa shape index (κ2) is 6.73. The molecule has 1 rings (SSSR count). The summed E-state index contributed by atoms with van der Waals surface area (Å²) in [4.78, 5) is 26.5. The lowest BCUT2D eigenvalue weighted by Crippen LogP contribution is -2.28. The van der Waals surface area contributed by atoms with Gasteiger partial charge >= 0.3 is 5.97 Å². The quantitative estimate of drug-likeness (QED) is 0.751. The summed E-state index contributed by atoms with van der Waals surface area (Å²) < 4.78 is 0. The molecule has 1 aromatic heterocycles. The first-order chi connectivity index (χ1) is 8.09. The summed E-state index contributed by atoms with van der Waals surface area (Å²) in [5, 5.41) is 8.46. The van der Waals surface area contributed by atoms with E-state index >= 15 is 0 Å². The van der Waals surface area contributed by atoms with Gasteiger partial charge in [0.1, 0.15) is 0 Å². The van der Waals surface area contributed by atoms with Crippen molar-refractivity contribution in [2.24, 2.45) is 0 Å². The van der Waals surface area contributed by atoms with Crippen LogP contribution in [0, 0.1) is 0 Å². The largest absolute Gasteiger partial charge is 0.481 e. The maximum atomic E-state index is 11.6. The third kappa shape index (κ3) is 5.19. The Kier molecular flexibility index (Phi) is 5.26. The Hall–Kier alpha value is -1.78.